The fourth-order valence-corrected chi connectivity index (χ4v) is 4.98. The standard InChI is InChI=1S/C23H19NO4S/c25-21-16-11-10-15(28-23(26)14-6-2-1-3-7-14)12-19(16)27-13-17(21)22-24-18-8-4-5-9-20(18)29-22/h1-9,13,15-16,19H,10-12H2. The third kappa shape index (κ3) is 3.44. The van der Waals surface area contributed by atoms with Gasteiger partial charge in [0.15, 0.2) is 5.78 Å². The van der Waals surface area contributed by atoms with Gasteiger partial charge in [0.25, 0.3) is 0 Å². The van der Waals surface area contributed by atoms with Crippen LogP contribution in [0, 0.1) is 5.92 Å². The smallest absolute Gasteiger partial charge is 0.338 e. The zero-order chi connectivity index (χ0) is 19.8. The molecule has 3 atom stereocenters. The molecule has 2 heterocycles. The van der Waals surface area contributed by atoms with Gasteiger partial charge in [0.1, 0.15) is 17.2 Å². The van der Waals surface area contributed by atoms with Crippen molar-refractivity contribution in [1.82, 2.24) is 4.98 Å². The van der Waals surface area contributed by atoms with E-state index in [4.69, 9.17) is 9.47 Å². The molecule has 6 heteroatoms. The van der Waals surface area contributed by atoms with Crippen molar-refractivity contribution in [3.8, 4) is 0 Å². The lowest BCUT2D eigenvalue weighted by Crippen LogP contribution is -2.41. The maximum atomic E-state index is 13.1. The van der Waals surface area contributed by atoms with Gasteiger partial charge in [0, 0.05) is 6.42 Å². The summed E-state index contributed by atoms with van der Waals surface area (Å²) in [5, 5.41) is 0.701. The van der Waals surface area contributed by atoms with E-state index in [0.717, 1.165) is 10.2 Å². The molecule has 146 valence electrons. The highest BCUT2D eigenvalue weighted by molar-refractivity contribution is 7.19. The molecule has 3 aromatic rings. The Morgan fingerprint density at radius 3 is 2.69 bits per heavy atom. The lowest BCUT2D eigenvalue weighted by molar-refractivity contribution is -0.126. The van der Waals surface area contributed by atoms with Crippen molar-refractivity contribution in [3.63, 3.8) is 0 Å². The first-order valence-corrected chi connectivity index (χ1v) is 10.5. The van der Waals surface area contributed by atoms with Gasteiger partial charge in [0.05, 0.1) is 33.5 Å². The van der Waals surface area contributed by atoms with Gasteiger partial charge in [0.2, 0.25) is 0 Å². The van der Waals surface area contributed by atoms with E-state index in [9.17, 15) is 9.59 Å². The summed E-state index contributed by atoms with van der Waals surface area (Å²) in [6.07, 6.45) is 2.86. The zero-order valence-electron chi connectivity index (χ0n) is 15.6. The van der Waals surface area contributed by atoms with Gasteiger partial charge in [-0.15, -0.1) is 11.3 Å². The predicted octanol–water partition coefficient (Wildman–Crippen LogP) is 4.63. The van der Waals surface area contributed by atoms with Crippen LogP contribution in [0.5, 0.6) is 0 Å². The Morgan fingerprint density at radius 1 is 1.07 bits per heavy atom. The van der Waals surface area contributed by atoms with Crippen molar-refractivity contribution >= 4 is 38.9 Å². The van der Waals surface area contributed by atoms with Gasteiger partial charge >= 0.3 is 5.97 Å². The Labute approximate surface area is 172 Å². The Hall–Kier alpha value is -2.99. The fraction of sp³-hybridized carbons (Fsp3) is 0.261. The van der Waals surface area contributed by atoms with Gasteiger partial charge in [-0.1, -0.05) is 30.3 Å². The minimum absolute atomic E-state index is 0.0770. The highest BCUT2D eigenvalue weighted by atomic mass is 32.1. The number of ketones is 1. The molecule has 0 saturated heterocycles. The monoisotopic (exact) mass is 405 g/mol. The number of rotatable bonds is 3. The molecule has 1 aromatic heterocycles. The molecule has 1 aliphatic heterocycles. The lowest BCUT2D eigenvalue weighted by atomic mass is 9.79. The van der Waals surface area contributed by atoms with Crippen LogP contribution in [-0.4, -0.2) is 28.9 Å². The van der Waals surface area contributed by atoms with Crippen LogP contribution in [-0.2, 0) is 14.3 Å². The molecular formula is C23H19NO4S. The third-order valence-corrected chi connectivity index (χ3v) is 6.58. The molecule has 1 fully saturated rings. The van der Waals surface area contributed by atoms with Crippen LogP contribution in [0.3, 0.4) is 0 Å². The summed E-state index contributed by atoms with van der Waals surface area (Å²) in [6.45, 7) is 0. The first kappa shape index (κ1) is 18.1. The van der Waals surface area contributed by atoms with Crippen molar-refractivity contribution in [2.45, 2.75) is 31.5 Å². The van der Waals surface area contributed by atoms with Crippen LogP contribution in [0.15, 0.2) is 60.9 Å². The molecule has 29 heavy (non-hydrogen) atoms. The minimum Gasteiger partial charge on any atom is -0.496 e. The van der Waals surface area contributed by atoms with E-state index in [2.05, 4.69) is 4.98 Å². The molecular weight excluding hydrogens is 386 g/mol. The number of thiazole rings is 1. The number of hydrogen-bond donors (Lipinski definition) is 0. The summed E-state index contributed by atoms with van der Waals surface area (Å²) in [5.74, 6) is -0.469. The van der Waals surface area contributed by atoms with Gasteiger partial charge < -0.3 is 9.47 Å². The Kier molecular flexibility index (Phi) is 4.64. The molecule has 0 bridgehead atoms. The SMILES string of the molecule is O=C(OC1CCC2C(=O)C(c3nc4ccccc4s3)=COC2C1)c1ccccc1. The minimum atomic E-state index is -0.332. The van der Waals surface area contributed by atoms with Crippen molar-refractivity contribution < 1.29 is 19.1 Å². The normalized spacial score (nSPS) is 23.8. The second-order valence-corrected chi connectivity index (χ2v) is 8.40. The van der Waals surface area contributed by atoms with E-state index in [1.807, 2.05) is 42.5 Å². The largest absolute Gasteiger partial charge is 0.496 e. The van der Waals surface area contributed by atoms with Crippen LogP contribution < -0.4 is 0 Å². The number of para-hydroxylation sites is 1. The molecule has 0 N–H and O–H groups in total. The van der Waals surface area contributed by atoms with Crippen LogP contribution >= 0.6 is 11.3 Å². The molecule has 1 aliphatic carbocycles. The first-order chi connectivity index (χ1) is 14.2. The molecule has 0 radical (unpaired) electrons. The predicted molar refractivity (Wildman–Crippen MR) is 110 cm³/mol. The number of hydrogen-bond acceptors (Lipinski definition) is 6. The molecule has 3 unspecified atom stereocenters. The highest BCUT2D eigenvalue weighted by Crippen LogP contribution is 2.39. The number of esters is 1. The third-order valence-electron chi connectivity index (χ3n) is 5.51. The maximum absolute atomic E-state index is 13.1. The molecule has 2 aliphatic rings. The molecule has 5 nitrogen and oxygen atoms in total. The second kappa shape index (κ2) is 7.44. The van der Waals surface area contributed by atoms with E-state index in [0.29, 0.717) is 35.4 Å². The summed E-state index contributed by atoms with van der Waals surface area (Å²) >= 11 is 1.50. The van der Waals surface area contributed by atoms with E-state index in [-0.39, 0.29) is 29.9 Å². The van der Waals surface area contributed by atoms with Crippen molar-refractivity contribution in [3.05, 3.63) is 71.4 Å². The van der Waals surface area contributed by atoms with Crippen molar-refractivity contribution in [2.75, 3.05) is 0 Å². The van der Waals surface area contributed by atoms with Crippen LogP contribution in [0.4, 0.5) is 0 Å². The highest BCUT2D eigenvalue weighted by Gasteiger charge is 2.42. The number of benzene rings is 2. The number of carbonyl (C=O) groups excluding carboxylic acids is 2. The van der Waals surface area contributed by atoms with E-state index in [1.54, 1.807) is 18.4 Å². The molecule has 1 saturated carbocycles. The van der Waals surface area contributed by atoms with Gasteiger partial charge in [-0.25, -0.2) is 9.78 Å². The van der Waals surface area contributed by atoms with Crippen molar-refractivity contribution in [2.24, 2.45) is 5.92 Å². The van der Waals surface area contributed by atoms with Crippen LogP contribution in [0.2, 0.25) is 0 Å². The Morgan fingerprint density at radius 2 is 1.86 bits per heavy atom. The topological polar surface area (TPSA) is 65.5 Å². The van der Waals surface area contributed by atoms with Gasteiger partial charge in [-0.05, 0) is 37.1 Å². The zero-order valence-corrected chi connectivity index (χ0v) is 16.4. The van der Waals surface area contributed by atoms with Crippen molar-refractivity contribution in [1.29, 1.82) is 0 Å². The number of carbonyl (C=O) groups is 2. The summed E-state index contributed by atoms with van der Waals surface area (Å²) < 4.78 is 12.6. The number of ether oxygens (including phenoxy) is 2. The summed E-state index contributed by atoms with van der Waals surface area (Å²) in [4.78, 5) is 30.0. The average molecular weight is 405 g/mol. The summed E-state index contributed by atoms with van der Waals surface area (Å²) in [5.41, 5.74) is 1.97. The maximum Gasteiger partial charge on any atom is 0.338 e. The lowest BCUT2D eigenvalue weighted by Gasteiger charge is -2.36. The number of aromatic nitrogens is 1. The van der Waals surface area contributed by atoms with E-state index >= 15 is 0 Å². The van der Waals surface area contributed by atoms with Crippen LogP contribution in [0.25, 0.3) is 15.8 Å². The number of allylic oxidation sites excluding steroid dienone is 1. The van der Waals surface area contributed by atoms with Crippen LogP contribution in [0.1, 0.15) is 34.6 Å². The fourth-order valence-electron chi connectivity index (χ4n) is 4.00. The average Bonchev–Trinajstić information content (AvgIpc) is 3.18. The second-order valence-electron chi connectivity index (χ2n) is 7.37. The Bertz CT molecular complexity index is 1070. The van der Waals surface area contributed by atoms with Gasteiger partial charge in [-0.3, -0.25) is 4.79 Å². The molecule has 2 aromatic carbocycles. The molecule has 5 rings (SSSR count). The van der Waals surface area contributed by atoms with E-state index in [1.165, 1.54) is 11.3 Å². The first-order valence-electron chi connectivity index (χ1n) is 9.71. The summed E-state index contributed by atoms with van der Waals surface area (Å²) in [6, 6.07) is 16.8. The molecule has 0 spiro atoms. The Balaban J connectivity index is 1.30. The number of Topliss-reactive ketones (excluding diaryl/α,β-unsaturated/α-hetero) is 1. The number of nitrogens with zero attached hydrogens (tertiary/aromatic N) is 1. The van der Waals surface area contributed by atoms with Gasteiger partial charge in [-0.2, -0.15) is 0 Å². The number of fused-ring (bicyclic) bond motifs is 2. The summed E-state index contributed by atoms with van der Waals surface area (Å²) in [7, 11) is 0. The quantitative estimate of drug-likeness (QED) is 0.595. The molecule has 0 amide bonds. The van der Waals surface area contributed by atoms with E-state index < -0.39 is 0 Å².